The molecule has 3 nitrogen and oxygen atoms in total. The zero-order valence-corrected chi connectivity index (χ0v) is 9.59. The van der Waals surface area contributed by atoms with Gasteiger partial charge in [0.15, 0.2) is 0 Å². The molecule has 0 amide bonds. The number of ether oxygens (including phenoxy) is 1. The lowest BCUT2D eigenvalue weighted by atomic mass is 9.56. The van der Waals surface area contributed by atoms with Gasteiger partial charge in [0.2, 0.25) is 5.92 Å². The molecule has 1 aliphatic heterocycles. The van der Waals surface area contributed by atoms with E-state index in [1.165, 1.54) is 0 Å². The maximum Gasteiger partial charge on any atom is 0.249 e. The van der Waals surface area contributed by atoms with Crippen LogP contribution in [0.1, 0.15) is 33.1 Å². The molecule has 0 radical (unpaired) electrons. The van der Waals surface area contributed by atoms with E-state index in [9.17, 15) is 19.0 Å². The fourth-order valence-electron chi connectivity index (χ4n) is 2.99. The first-order chi connectivity index (χ1) is 7.14. The highest BCUT2D eigenvalue weighted by Gasteiger charge is 2.68. The molecule has 5 heteroatoms. The summed E-state index contributed by atoms with van der Waals surface area (Å²) in [4.78, 5) is 0. The second-order valence-corrected chi connectivity index (χ2v) is 5.90. The van der Waals surface area contributed by atoms with Crippen LogP contribution in [0.5, 0.6) is 0 Å². The van der Waals surface area contributed by atoms with Crippen molar-refractivity contribution < 1.29 is 23.7 Å². The molecule has 2 N–H and O–H groups in total. The molecule has 1 aliphatic carbocycles. The highest BCUT2D eigenvalue weighted by Crippen LogP contribution is 2.60. The van der Waals surface area contributed by atoms with Crippen molar-refractivity contribution >= 4 is 0 Å². The SMILES string of the molecule is CC1(C)CC(O)(C2(CO)CC(F)(F)C2)CO1. The first kappa shape index (κ1) is 12.2. The van der Waals surface area contributed by atoms with Gasteiger partial charge >= 0.3 is 0 Å². The highest BCUT2D eigenvalue weighted by atomic mass is 19.3. The molecule has 2 aliphatic rings. The molecule has 16 heavy (non-hydrogen) atoms. The summed E-state index contributed by atoms with van der Waals surface area (Å²) in [5.74, 6) is -2.76. The Morgan fingerprint density at radius 1 is 1.19 bits per heavy atom. The number of hydrogen-bond acceptors (Lipinski definition) is 3. The fourth-order valence-corrected chi connectivity index (χ4v) is 2.99. The van der Waals surface area contributed by atoms with Crippen molar-refractivity contribution in [2.75, 3.05) is 13.2 Å². The van der Waals surface area contributed by atoms with Crippen molar-refractivity contribution in [1.29, 1.82) is 0 Å². The summed E-state index contributed by atoms with van der Waals surface area (Å²) in [6, 6.07) is 0. The number of aliphatic hydroxyl groups excluding tert-OH is 1. The van der Waals surface area contributed by atoms with Crippen LogP contribution in [0.3, 0.4) is 0 Å². The monoisotopic (exact) mass is 236 g/mol. The van der Waals surface area contributed by atoms with Gasteiger partial charge in [-0.05, 0) is 13.8 Å². The van der Waals surface area contributed by atoms with Crippen LogP contribution in [0, 0.1) is 5.41 Å². The van der Waals surface area contributed by atoms with E-state index in [1.54, 1.807) is 0 Å². The number of aliphatic hydroxyl groups is 2. The third-order valence-corrected chi connectivity index (χ3v) is 3.90. The van der Waals surface area contributed by atoms with Gasteiger partial charge in [-0.2, -0.15) is 0 Å². The van der Waals surface area contributed by atoms with E-state index in [2.05, 4.69) is 0 Å². The molecule has 2 fully saturated rings. The van der Waals surface area contributed by atoms with Crippen LogP contribution >= 0.6 is 0 Å². The zero-order chi connectivity index (χ0) is 12.2. The third kappa shape index (κ3) is 1.65. The lowest BCUT2D eigenvalue weighted by Crippen LogP contribution is -2.62. The summed E-state index contributed by atoms with van der Waals surface area (Å²) in [5.41, 5.74) is -2.93. The van der Waals surface area contributed by atoms with E-state index in [-0.39, 0.29) is 13.0 Å². The second-order valence-electron chi connectivity index (χ2n) is 5.90. The van der Waals surface area contributed by atoms with Gasteiger partial charge in [0.05, 0.1) is 24.4 Å². The summed E-state index contributed by atoms with van der Waals surface area (Å²) in [5, 5.41) is 19.7. The first-order valence-corrected chi connectivity index (χ1v) is 5.49. The van der Waals surface area contributed by atoms with E-state index >= 15 is 0 Å². The Bertz CT molecular complexity index is 296. The van der Waals surface area contributed by atoms with E-state index < -0.39 is 42.0 Å². The molecule has 0 spiro atoms. The maximum absolute atomic E-state index is 13.0. The molecular weight excluding hydrogens is 218 g/mol. The van der Waals surface area contributed by atoms with Crippen molar-refractivity contribution in [3.05, 3.63) is 0 Å². The Morgan fingerprint density at radius 2 is 1.75 bits per heavy atom. The Labute approximate surface area is 93.4 Å². The van der Waals surface area contributed by atoms with Crippen molar-refractivity contribution in [3.63, 3.8) is 0 Å². The summed E-state index contributed by atoms with van der Waals surface area (Å²) < 4.78 is 31.3. The summed E-state index contributed by atoms with van der Waals surface area (Å²) in [6.07, 6.45) is -0.616. The minimum atomic E-state index is -2.76. The smallest absolute Gasteiger partial charge is 0.249 e. The van der Waals surface area contributed by atoms with Gasteiger partial charge in [-0.25, -0.2) is 8.78 Å². The molecule has 1 unspecified atom stereocenters. The Morgan fingerprint density at radius 3 is 2.06 bits per heavy atom. The van der Waals surface area contributed by atoms with Crippen LogP contribution in [0.4, 0.5) is 8.78 Å². The van der Waals surface area contributed by atoms with Crippen molar-refractivity contribution in [3.8, 4) is 0 Å². The van der Waals surface area contributed by atoms with Crippen molar-refractivity contribution in [2.45, 2.75) is 50.2 Å². The molecular formula is C11H18F2O3. The summed E-state index contributed by atoms with van der Waals surface area (Å²) in [7, 11) is 0. The topological polar surface area (TPSA) is 49.7 Å². The number of rotatable bonds is 2. The molecule has 1 saturated heterocycles. The minimum absolute atomic E-state index is 0.0244. The van der Waals surface area contributed by atoms with Gasteiger partial charge in [0.1, 0.15) is 0 Å². The van der Waals surface area contributed by atoms with Gasteiger partial charge in [0, 0.05) is 24.7 Å². The summed E-state index contributed by atoms with van der Waals surface area (Å²) >= 11 is 0. The maximum atomic E-state index is 13.0. The Hall–Kier alpha value is -0.260. The fraction of sp³-hybridized carbons (Fsp3) is 1.00. The van der Waals surface area contributed by atoms with E-state index in [1.807, 2.05) is 13.8 Å². The normalized spacial score (nSPS) is 39.4. The molecule has 0 aromatic heterocycles. The van der Waals surface area contributed by atoms with E-state index in [0.717, 1.165) is 0 Å². The average Bonchev–Trinajstić information content (AvgIpc) is 2.37. The van der Waals surface area contributed by atoms with Crippen LogP contribution in [-0.4, -0.2) is 40.6 Å². The van der Waals surface area contributed by atoms with Gasteiger partial charge in [0.25, 0.3) is 0 Å². The first-order valence-electron chi connectivity index (χ1n) is 5.49. The predicted molar refractivity (Wildman–Crippen MR) is 53.3 cm³/mol. The van der Waals surface area contributed by atoms with Crippen molar-refractivity contribution in [2.24, 2.45) is 5.41 Å². The Kier molecular flexibility index (Phi) is 2.40. The molecule has 2 rings (SSSR count). The molecule has 1 saturated carbocycles. The van der Waals surface area contributed by atoms with Crippen LogP contribution < -0.4 is 0 Å². The molecule has 1 atom stereocenters. The summed E-state index contributed by atoms with van der Waals surface area (Å²) in [6.45, 7) is 3.23. The lowest BCUT2D eigenvalue weighted by molar-refractivity contribution is -0.250. The number of hydrogen-bond donors (Lipinski definition) is 2. The van der Waals surface area contributed by atoms with Gasteiger partial charge < -0.3 is 14.9 Å². The molecule has 0 aromatic rings. The highest BCUT2D eigenvalue weighted by molar-refractivity contribution is 5.13. The molecule has 0 aromatic carbocycles. The zero-order valence-electron chi connectivity index (χ0n) is 9.59. The van der Waals surface area contributed by atoms with Gasteiger partial charge in [-0.3, -0.25) is 0 Å². The molecule has 94 valence electrons. The number of halogens is 2. The largest absolute Gasteiger partial charge is 0.396 e. The van der Waals surface area contributed by atoms with E-state index in [0.29, 0.717) is 0 Å². The van der Waals surface area contributed by atoms with Crippen LogP contribution in [0.25, 0.3) is 0 Å². The van der Waals surface area contributed by atoms with Crippen LogP contribution in [0.2, 0.25) is 0 Å². The standard InChI is InChI=1S/C11H18F2O3/c1-8(2)3-10(15,7-16-8)9(6-14)4-11(12,13)5-9/h14-15H,3-7H2,1-2H3. The van der Waals surface area contributed by atoms with E-state index in [4.69, 9.17) is 4.74 Å². The number of alkyl halides is 2. The molecule has 0 bridgehead atoms. The lowest BCUT2D eigenvalue weighted by Gasteiger charge is -2.53. The molecule has 1 heterocycles. The van der Waals surface area contributed by atoms with Crippen LogP contribution in [-0.2, 0) is 4.74 Å². The van der Waals surface area contributed by atoms with Gasteiger partial charge in [-0.1, -0.05) is 0 Å². The Balaban J connectivity index is 2.18. The van der Waals surface area contributed by atoms with Crippen molar-refractivity contribution in [1.82, 2.24) is 0 Å². The van der Waals surface area contributed by atoms with Gasteiger partial charge in [-0.15, -0.1) is 0 Å². The quantitative estimate of drug-likeness (QED) is 0.760. The predicted octanol–water partition coefficient (Wildman–Crippen LogP) is 1.32. The third-order valence-electron chi connectivity index (χ3n) is 3.90. The minimum Gasteiger partial charge on any atom is -0.396 e. The van der Waals surface area contributed by atoms with Crippen LogP contribution in [0.15, 0.2) is 0 Å². The second kappa shape index (κ2) is 3.15. The average molecular weight is 236 g/mol.